The van der Waals surface area contributed by atoms with Crippen LogP contribution in [0.5, 0.6) is 0 Å². The zero-order valence-corrected chi connectivity index (χ0v) is 9.98. The lowest BCUT2D eigenvalue weighted by Gasteiger charge is -2.05. The van der Waals surface area contributed by atoms with Crippen molar-refractivity contribution in [2.45, 2.75) is 6.42 Å². The molecule has 19 heavy (non-hydrogen) atoms. The van der Waals surface area contributed by atoms with Crippen molar-refractivity contribution in [1.29, 1.82) is 0 Å². The van der Waals surface area contributed by atoms with Crippen LogP contribution in [0.4, 0.5) is 0 Å². The molecule has 2 rings (SSSR count). The Kier molecular flexibility index (Phi) is 3.87. The highest BCUT2D eigenvalue weighted by atomic mass is 16.4. The summed E-state index contributed by atoms with van der Waals surface area (Å²) < 4.78 is 1.61. The van der Waals surface area contributed by atoms with Gasteiger partial charge in [-0.3, -0.25) is 14.6 Å². The average Bonchev–Trinajstić information content (AvgIpc) is 2.92. The van der Waals surface area contributed by atoms with E-state index in [1.54, 1.807) is 35.3 Å². The fourth-order valence-electron chi connectivity index (χ4n) is 1.48. The largest absolute Gasteiger partial charge is 0.481 e. The Bertz CT molecular complexity index is 580. The Balaban J connectivity index is 2.06. The van der Waals surface area contributed by atoms with Crippen LogP contribution in [0.15, 0.2) is 36.8 Å². The molecular formula is C12H12N4O3. The maximum atomic E-state index is 11.8. The molecule has 7 heteroatoms. The van der Waals surface area contributed by atoms with Gasteiger partial charge in [0.2, 0.25) is 0 Å². The second-order valence-corrected chi connectivity index (χ2v) is 3.75. The molecule has 1 amide bonds. The summed E-state index contributed by atoms with van der Waals surface area (Å²) in [5.74, 6) is -1.37. The average molecular weight is 260 g/mol. The maximum absolute atomic E-state index is 11.8. The minimum Gasteiger partial charge on any atom is -0.481 e. The van der Waals surface area contributed by atoms with E-state index in [4.69, 9.17) is 5.11 Å². The molecule has 0 aliphatic rings. The van der Waals surface area contributed by atoms with E-state index < -0.39 is 11.9 Å². The van der Waals surface area contributed by atoms with Crippen LogP contribution in [-0.2, 0) is 4.79 Å². The topological polar surface area (TPSA) is 97.1 Å². The molecule has 0 bridgehead atoms. The molecule has 0 unspecified atom stereocenters. The lowest BCUT2D eigenvalue weighted by molar-refractivity contribution is -0.136. The zero-order valence-electron chi connectivity index (χ0n) is 9.98. The van der Waals surface area contributed by atoms with Gasteiger partial charge >= 0.3 is 5.97 Å². The Morgan fingerprint density at radius 1 is 1.37 bits per heavy atom. The van der Waals surface area contributed by atoms with Crippen LogP contribution in [0.25, 0.3) is 5.69 Å². The highest BCUT2D eigenvalue weighted by molar-refractivity contribution is 5.92. The highest BCUT2D eigenvalue weighted by Crippen LogP contribution is 2.06. The molecule has 0 saturated carbocycles. The van der Waals surface area contributed by atoms with Crippen molar-refractivity contribution in [3.8, 4) is 5.69 Å². The summed E-state index contributed by atoms with van der Waals surface area (Å²) in [6, 6.07) is 5.08. The van der Waals surface area contributed by atoms with Crippen LogP contribution in [0.1, 0.15) is 16.9 Å². The van der Waals surface area contributed by atoms with Crippen molar-refractivity contribution < 1.29 is 14.7 Å². The quantitative estimate of drug-likeness (QED) is 0.814. The molecule has 0 aromatic carbocycles. The molecule has 2 heterocycles. The van der Waals surface area contributed by atoms with Crippen molar-refractivity contribution in [3.63, 3.8) is 0 Å². The molecule has 2 aromatic heterocycles. The molecule has 7 nitrogen and oxygen atoms in total. The Hall–Kier alpha value is -2.70. The van der Waals surface area contributed by atoms with Gasteiger partial charge in [0.05, 0.1) is 12.1 Å². The number of hydrogen-bond donors (Lipinski definition) is 2. The van der Waals surface area contributed by atoms with Gasteiger partial charge in [-0.05, 0) is 18.2 Å². The van der Waals surface area contributed by atoms with E-state index in [2.05, 4.69) is 15.4 Å². The van der Waals surface area contributed by atoms with E-state index in [0.29, 0.717) is 5.69 Å². The van der Waals surface area contributed by atoms with E-state index in [1.807, 2.05) is 0 Å². The minimum absolute atomic E-state index is 0.0713. The van der Waals surface area contributed by atoms with Crippen molar-refractivity contribution in [1.82, 2.24) is 20.1 Å². The third-order valence-electron chi connectivity index (χ3n) is 2.37. The standard InChI is InChI=1S/C12H12N4O3/c17-11(18)3-6-14-12(19)10-8-9(2-5-13-10)16-7-1-4-15-16/h1-2,4-5,7-8H,3,6H2,(H,14,19)(H,17,18). The highest BCUT2D eigenvalue weighted by Gasteiger charge is 2.09. The van der Waals surface area contributed by atoms with Gasteiger partial charge in [0.15, 0.2) is 0 Å². The van der Waals surface area contributed by atoms with E-state index in [-0.39, 0.29) is 18.7 Å². The number of amides is 1. The summed E-state index contributed by atoms with van der Waals surface area (Å²) in [5.41, 5.74) is 0.932. The predicted octanol–water partition coefficient (Wildman–Crippen LogP) is 0.472. The van der Waals surface area contributed by atoms with Crippen molar-refractivity contribution in [3.05, 3.63) is 42.5 Å². The number of aliphatic carboxylic acids is 1. The molecule has 0 fully saturated rings. The van der Waals surface area contributed by atoms with Crippen LogP contribution < -0.4 is 5.32 Å². The van der Waals surface area contributed by atoms with Gasteiger partial charge in [-0.15, -0.1) is 0 Å². The maximum Gasteiger partial charge on any atom is 0.305 e. The van der Waals surface area contributed by atoms with Crippen LogP contribution in [0.2, 0.25) is 0 Å². The summed E-state index contributed by atoms with van der Waals surface area (Å²) in [4.78, 5) is 26.0. The summed E-state index contributed by atoms with van der Waals surface area (Å²) in [5, 5.41) is 15.0. The third-order valence-corrected chi connectivity index (χ3v) is 2.37. The fourth-order valence-corrected chi connectivity index (χ4v) is 1.48. The van der Waals surface area contributed by atoms with Crippen LogP contribution in [0, 0.1) is 0 Å². The van der Waals surface area contributed by atoms with Gasteiger partial charge in [-0.25, -0.2) is 4.68 Å². The third kappa shape index (κ3) is 3.38. The monoisotopic (exact) mass is 260 g/mol. The molecular weight excluding hydrogens is 248 g/mol. The van der Waals surface area contributed by atoms with Gasteiger partial charge in [-0.2, -0.15) is 5.10 Å². The van der Waals surface area contributed by atoms with E-state index in [1.165, 1.54) is 6.20 Å². The summed E-state index contributed by atoms with van der Waals surface area (Å²) in [6.45, 7) is 0.0713. The molecule has 0 saturated heterocycles. The van der Waals surface area contributed by atoms with E-state index in [0.717, 1.165) is 0 Å². The number of carbonyl (C=O) groups is 2. The van der Waals surface area contributed by atoms with Gasteiger partial charge < -0.3 is 10.4 Å². The number of aromatic nitrogens is 3. The van der Waals surface area contributed by atoms with Crippen molar-refractivity contribution in [2.24, 2.45) is 0 Å². The van der Waals surface area contributed by atoms with E-state index >= 15 is 0 Å². The Labute approximate surface area is 108 Å². The van der Waals surface area contributed by atoms with Crippen molar-refractivity contribution >= 4 is 11.9 Å². The second kappa shape index (κ2) is 5.76. The van der Waals surface area contributed by atoms with Crippen LogP contribution in [0.3, 0.4) is 0 Å². The Morgan fingerprint density at radius 3 is 2.89 bits per heavy atom. The number of rotatable bonds is 5. The first-order valence-electron chi connectivity index (χ1n) is 5.63. The normalized spacial score (nSPS) is 10.1. The van der Waals surface area contributed by atoms with Gasteiger partial charge in [0, 0.05) is 25.1 Å². The number of nitrogens with one attached hydrogen (secondary N) is 1. The van der Waals surface area contributed by atoms with Gasteiger partial charge in [0.25, 0.3) is 5.91 Å². The first-order chi connectivity index (χ1) is 9.16. The number of carbonyl (C=O) groups excluding carboxylic acids is 1. The number of hydrogen-bond acceptors (Lipinski definition) is 4. The number of carboxylic acids is 1. The lowest BCUT2D eigenvalue weighted by Crippen LogP contribution is -2.26. The van der Waals surface area contributed by atoms with E-state index in [9.17, 15) is 9.59 Å². The molecule has 0 spiro atoms. The SMILES string of the molecule is O=C(O)CCNC(=O)c1cc(-n2cccn2)ccn1. The first-order valence-corrected chi connectivity index (χ1v) is 5.63. The summed E-state index contributed by atoms with van der Waals surface area (Å²) in [7, 11) is 0. The number of carboxylic acid groups (broad SMARTS) is 1. The molecule has 2 aromatic rings. The molecule has 2 N–H and O–H groups in total. The molecule has 0 aliphatic carbocycles. The summed E-state index contributed by atoms with van der Waals surface area (Å²) in [6.07, 6.45) is 4.77. The fraction of sp³-hybridized carbons (Fsp3) is 0.167. The minimum atomic E-state index is -0.960. The predicted molar refractivity (Wildman–Crippen MR) is 65.9 cm³/mol. The summed E-state index contributed by atoms with van der Waals surface area (Å²) >= 11 is 0. The zero-order chi connectivity index (χ0) is 13.7. The molecule has 0 aliphatic heterocycles. The van der Waals surface area contributed by atoms with Gasteiger partial charge in [0.1, 0.15) is 5.69 Å². The Morgan fingerprint density at radius 2 is 2.21 bits per heavy atom. The van der Waals surface area contributed by atoms with Crippen LogP contribution in [-0.4, -0.2) is 38.3 Å². The van der Waals surface area contributed by atoms with Crippen molar-refractivity contribution in [2.75, 3.05) is 6.54 Å². The van der Waals surface area contributed by atoms with Gasteiger partial charge in [-0.1, -0.05) is 0 Å². The first kappa shape index (κ1) is 12.7. The molecule has 98 valence electrons. The molecule has 0 atom stereocenters. The number of nitrogens with zero attached hydrogens (tertiary/aromatic N) is 3. The molecule has 0 radical (unpaired) electrons. The second-order valence-electron chi connectivity index (χ2n) is 3.75. The number of pyridine rings is 1. The smallest absolute Gasteiger partial charge is 0.305 e. The van der Waals surface area contributed by atoms with Crippen LogP contribution >= 0.6 is 0 Å². The lowest BCUT2D eigenvalue weighted by atomic mass is 10.3.